The van der Waals surface area contributed by atoms with Gasteiger partial charge in [0, 0.05) is 30.7 Å². The summed E-state index contributed by atoms with van der Waals surface area (Å²) in [6.07, 6.45) is 4.91. The van der Waals surface area contributed by atoms with Gasteiger partial charge in [0.15, 0.2) is 5.76 Å². The van der Waals surface area contributed by atoms with Crippen LogP contribution in [0.4, 0.5) is 0 Å². The van der Waals surface area contributed by atoms with Crippen molar-refractivity contribution in [2.45, 2.75) is 13.8 Å². The van der Waals surface area contributed by atoms with Crippen molar-refractivity contribution in [2.24, 2.45) is 0 Å². The number of hydrogen-bond donors (Lipinski definition) is 2. The van der Waals surface area contributed by atoms with Crippen molar-refractivity contribution < 1.29 is 14.0 Å². The number of furan rings is 1. The van der Waals surface area contributed by atoms with Gasteiger partial charge in [-0.05, 0) is 44.2 Å². The summed E-state index contributed by atoms with van der Waals surface area (Å²) >= 11 is 0. The Morgan fingerprint density at radius 3 is 2.54 bits per heavy atom. The molecule has 0 unspecified atom stereocenters. The second-order valence-corrected chi connectivity index (χ2v) is 5.82. The normalized spacial score (nSPS) is 10.5. The van der Waals surface area contributed by atoms with Crippen LogP contribution in [0.15, 0.2) is 53.4 Å². The monoisotopic (exact) mass is 352 g/mol. The molecule has 3 heterocycles. The van der Waals surface area contributed by atoms with E-state index in [1.807, 2.05) is 36.6 Å². The third-order valence-corrected chi connectivity index (χ3v) is 4.02. The van der Waals surface area contributed by atoms with E-state index in [0.29, 0.717) is 18.7 Å². The largest absolute Gasteiger partial charge is 0.459 e. The molecule has 0 aromatic carbocycles. The Labute approximate surface area is 151 Å². The molecule has 0 aliphatic rings. The average Bonchev–Trinajstić information content (AvgIpc) is 3.27. The van der Waals surface area contributed by atoms with Crippen LogP contribution in [0.5, 0.6) is 0 Å². The highest BCUT2D eigenvalue weighted by atomic mass is 16.3. The second kappa shape index (κ2) is 7.69. The Hall–Kier alpha value is -3.35. The molecule has 134 valence electrons. The van der Waals surface area contributed by atoms with E-state index in [1.165, 1.54) is 6.26 Å². The Balaban J connectivity index is 1.59. The first-order chi connectivity index (χ1) is 12.6. The highest BCUT2D eigenvalue weighted by Crippen LogP contribution is 2.20. The fraction of sp³-hybridized carbons (Fsp3) is 0.211. The van der Waals surface area contributed by atoms with Crippen molar-refractivity contribution in [1.29, 1.82) is 0 Å². The van der Waals surface area contributed by atoms with Crippen LogP contribution < -0.4 is 10.6 Å². The average molecular weight is 352 g/mol. The molecule has 0 saturated heterocycles. The zero-order valence-electron chi connectivity index (χ0n) is 14.7. The minimum Gasteiger partial charge on any atom is -0.459 e. The van der Waals surface area contributed by atoms with E-state index in [9.17, 15) is 9.59 Å². The first kappa shape index (κ1) is 17.5. The van der Waals surface area contributed by atoms with Gasteiger partial charge in [0.05, 0.1) is 23.7 Å². The summed E-state index contributed by atoms with van der Waals surface area (Å²) in [5.74, 6) is -0.240. The predicted octanol–water partition coefficient (Wildman–Crippen LogP) is 2.24. The molecule has 26 heavy (non-hydrogen) atoms. The number of pyridine rings is 1. The van der Waals surface area contributed by atoms with Gasteiger partial charge >= 0.3 is 0 Å². The van der Waals surface area contributed by atoms with Gasteiger partial charge in [-0.3, -0.25) is 14.6 Å². The van der Waals surface area contributed by atoms with Gasteiger partial charge in [-0.25, -0.2) is 0 Å². The molecule has 2 N–H and O–H groups in total. The molecule has 7 nitrogen and oxygen atoms in total. The smallest absolute Gasteiger partial charge is 0.287 e. The SMILES string of the molecule is Cc1cc(C(=O)NCCNC(=O)c2ccco2)c(C)n1-c1cccnc1. The number of amides is 2. The summed E-state index contributed by atoms with van der Waals surface area (Å²) in [6, 6.07) is 8.88. The zero-order valence-corrected chi connectivity index (χ0v) is 14.7. The Morgan fingerprint density at radius 2 is 1.88 bits per heavy atom. The third kappa shape index (κ3) is 3.66. The minimum atomic E-state index is -0.306. The van der Waals surface area contributed by atoms with Crippen LogP contribution in [0.25, 0.3) is 5.69 Å². The van der Waals surface area contributed by atoms with Crippen molar-refractivity contribution in [1.82, 2.24) is 20.2 Å². The summed E-state index contributed by atoms with van der Waals surface area (Å²) in [5, 5.41) is 5.51. The van der Waals surface area contributed by atoms with Gasteiger partial charge in [-0.1, -0.05) is 0 Å². The van der Waals surface area contributed by atoms with E-state index in [0.717, 1.165) is 17.1 Å². The standard InChI is InChI=1S/C19H20N4O3/c1-13-11-16(14(2)23(13)15-5-3-7-20-12-15)18(24)21-8-9-22-19(25)17-6-4-10-26-17/h3-7,10-12H,8-9H2,1-2H3,(H,21,24)(H,22,25). The lowest BCUT2D eigenvalue weighted by Crippen LogP contribution is -2.34. The molecule has 0 saturated carbocycles. The van der Waals surface area contributed by atoms with E-state index in [2.05, 4.69) is 15.6 Å². The molecule has 3 rings (SSSR count). The maximum atomic E-state index is 12.5. The highest BCUT2D eigenvalue weighted by molar-refractivity contribution is 5.96. The Kier molecular flexibility index (Phi) is 5.17. The molecular formula is C19H20N4O3. The van der Waals surface area contributed by atoms with Crippen molar-refractivity contribution in [3.05, 3.63) is 71.7 Å². The number of aryl methyl sites for hydroxylation is 1. The quantitative estimate of drug-likeness (QED) is 0.666. The summed E-state index contributed by atoms with van der Waals surface area (Å²) < 4.78 is 7.00. The molecule has 0 radical (unpaired) electrons. The number of carbonyl (C=O) groups excluding carboxylic acids is 2. The summed E-state index contributed by atoms with van der Waals surface area (Å²) in [5.41, 5.74) is 3.30. The Morgan fingerprint density at radius 1 is 1.12 bits per heavy atom. The molecule has 0 bridgehead atoms. The molecule has 7 heteroatoms. The fourth-order valence-corrected chi connectivity index (χ4v) is 2.82. The fourth-order valence-electron chi connectivity index (χ4n) is 2.82. The van der Waals surface area contributed by atoms with Crippen molar-refractivity contribution in [3.63, 3.8) is 0 Å². The molecule has 2 amide bonds. The molecular weight excluding hydrogens is 332 g/mol. The molecule has 0 aliphatic heterocycles. The summed E-state index contributed by atoms with van der Waals surface area (Å²) in [7, 11) is 0. The van der Waals surface area contributed by atoms with E-state index in [1.54, 1.807) is 24.5 Å². The van der Waals surface area contributed by atoms with Gasteiger partial charge in [0.25, 0.3) is 11.8 Å². The van der Waals surface area contributed by atoms with Crippen LogP contribution in [0.1, 0.15) is 32.3 Å². The number of aromatic nitrogens is 2. The maximum Gasteiger partial charge on any atom is 0.287 e. The molecule has 0 atom stereocenters. The van der Waals surface area contributed by atoms with E-state index in [4.69, 9.17) is 4.42 Å². The van der Waals surface area contributed by atoms with E-state index < -0.39 is 0 Å². The highest BCUT2D eigenvalue weighted by Gasteiger charge is 2.16. The first-order valence-corrected chi connectivity index (χ1v) is 8.27. The van der Waals surface area contributed by atoms with Gasteiger partial charge in [-0.15, -0.1) is 0 Å². The second-order valence-electron chi connectivity index (χ2n) is 5.82. The van der Waals surface area contributed by atoms with E-state index in [-0.39, 0.29) is 17.6 Å². The molecule has 3 aromatic heterocycles. The van der Waals surface area contributed by atoms with Crippen LogP contribution in [0, 0.1) is 13.8 Å². The van der Waals surface area contributed by atoms with Gasteiger partial charge in [0.2, 0.25) is 0 Å². The first-order valence-electron chi connectivity index (χ1n) is 8.27. The zero-order chi connectivity index (χ0) is 18.5. The third-order valence-electron chi connectivity index (χ3n) is 4.02. The van der Waals surface area contributed by atoms with Crippen LogP contribution in [-0.4, -0.2) is 34.5 Å². The van der Waals surface area contributed by atoms with Crippen molar-refractivity contribution in [2.75, 3.05) is 13.1 Å². The van der Waals surface area contributed by atoms with Crippen molar-refractivity contribution in [3.8, 4) is 5.69 Å². The van der Waals surface area contributed by atoms with Gasteiger partial charge in [-0.2, -0.15) is 0 Å². The Bertz CT molecular complexity index is 899. The van der Waals surface area contributed by atoms with E-state index >= 15 is 0 Å². The number of nitrogens with one attached hydrogen (secondary N) is 2. The topological polar surface area (TPSA) is 89.2 Å². The van der Waals surface area contributed by atoms with Gasteiger partial charge < -0.3 is 19.6 Å². The van der Waals surface area contributed by atoms with Crippen LogP contribution in [-0.2, 0) is 0 Å². The minimum absolute atomic E-state index is 0.180. The molecule has 0 aliphatic carbocycles. The molecule has 0 spiro atoms. The van der Waals surface area contributed by atoms with Crippen LogP contribution in [0.2, 0.25) is 0 Å². The number of carbonyl (C=O) groups is 2. The number of nitrogens with zero attached hydrogens (tertiary/aromatic N) is 2. The molecule has 3 aromatic rings. The molecule has 0 fully saturated rings. The van der Waals surface area contributed by atoms with Crippen molar-refractivity contribution >= 4 is 11.8 Å². The summed E-state index contributed by atoms with van der Waals surface area (Å²) in [4.78, 5) is 28.3. The predicted molar refractivity (Wildman–Crippen MR) is 96.4 cm³/mol. The van der Waals surface area contributed by atoms with Crippen LogP contribution >= 0.6 is 0 Å². The number of rotatable bonds is 6. The number of hydrogen-bond acceptors (Lipinski definition) is 4. The van der Waals surface area contributed by atoms with Gasteiger partial charge in [0.1, 0.15) is 0 Å². The maximum absolute atomic E-state index is 12.5. The summed E-state index contributed by atoms with van der Waals surface area (Å²) in [6.45, 7) is 4.47. The lowest BCUT2D eigenvalue weighted by molar-refractivity contribution is 0.0910. The lowest BCUT2D eigenvalue weighted by Gasteiger charge is -2.09. The lowest BCUT2D eigenvalue weighted by atomic mass is 10.2. The van der Waals surface area contributed by atoms with Crippen LogP contribution in [0.3, 0.4) is 0 Å².